The maximum absolute atomic E-state index is 12.8. The van der Waals surface area contributed by atoms with Gasteiger partial charge in [-0.05, 0) is 61.0 Å². The van der Waals surface area contributed by atoms with Crippen molar-refractivity contribution >= 4 is 21.6 Å². The summed E-state index contributed by atoms with van der Waals surface area (Å²) in [6.07, 6.45) is 0. The van der Waals surface area contributed by atoms with Crippen molar-refractivity contribution in [3.63, 3.8) is 0 Å². The number of ether oxygens (including phenoxy) is 3. The normalized spacial score (nSPS) is 10.9. The molecule has 0 spiro atoms. The van der Waals surface area contributed by atoms with Crippen molar-refractivity contribution in [1.29, 1.82) is 0 Å². The van der Waals surface area contributed by atoms with Crippen molar-refractivity contribution in [2.24, 2.45) is 0 Å². The predicted molar refractivity (Wildman–Crippen MR) is 130 cm³/mol. The van der Waals surface area contributed by atoms with Gasteiger partial charge in [0.25, 0.3) is 15.9 Å². The van der Waals surface area contributed by atoms with Crippen LogP contribution in [-0.2, 0) is 21.4 Å². The Bertz CT molecular complexity index is 1230. The van der Waals surface area contributed by atoms with Crippen molar-refractivity contribution < 1.29 is 27.4 Å². The van der Waals surface area contributed by atoms with E-state index in [1.807, 2.05) is 13.0 Å². The molecule has 3 aromatic rings. The van der Waals surface area contributed by atoms with Crippen molar-refractivity contribution in [2.75, 3.05) is 32.2 Å². The fraction of sp³-hybridized carbons (Fsp3) is 0.240. The van der Waals surface area contributed by atoms with Crippen molar-refractivity contribution in [3.05, 3.63) is 77.9 Å². The Morgan fingerprint density at radius 2 is 1.56 bits per heavy atom. The highest BCUT2D eigenvalue weighted by atomic mass is 32.2. The molecule has 0 fully saturated rings. The van der Waals surface area contributed by atoms with E-state index in [1.54, 1.807) is 74.9 Å². The summed E-state index contributed by atoms with van der Waals surface area (Å²) in [6, 6.07) is 18.6. The van der Waals surface area contributed by atoms with Crippen LogP contribution in [0.3, 0.4) is 0 Å². The molecular weight excluding hydrogens is 456 g/mol. The molecule has 0 bridgehead atoms. The molecule has 0 aliphatic carbocycles. The number of amides is 1. The van der Waals surface area contributed by atoms with Gasteiger partial charge in [-0.1, -0.05) is 23.8 Å². The number of aryl methyl sites for hydroxylation is 1. The van der Waals surface area contributed by atoms with Gasteiger partial charge in [-0.25, -0.2) is 8.42 Å². The number of rotatable bonds is 10. The van der Waals surface area contributed by atoms with Crippen LogP contribution in [0.1, 0.15) is 11.1 Å². The van der Waals surface area contributed by atoms with Crippen LogP contribution in [0, 0.1) is 6.92 Å². The van der Waals surface area contributed by atoms with Crippen LogP contribution in [-0.4, -0.2) is 42.2 Å². The number of sulfonamides is 1. The second-order valence-corrected chi connectivity index (χ2v) is 9.50. The highest BCUT2D eigenvalue weighted by Gasteiger charge is 2.21. The van der Waals surface area contributed by atoms with Crippen LogP contribution < -0.4 is 23.8 Å². The molecule has 9 heteroatoms. The summed E-state index contributed by atoms with van der Waals surface area (Å²) in [6.45, 7) is 2.03. The van der Waals surface area contributed by atoms with E-state index in [-0.39, 0.29) is 17.4 Å². The molecule has 0 radical (unpaired) electrons. The van der Waals surface area contributed by atoms with Gasteiger partial charge in [0.2, 0.25) is 0 Å². The highest BCUT2D eigenvalue weighted by Crippen LogP contribution is 2.27. The fourth-order valence-electron chi connectivity index (χ4n) is 3.15. The lowest BCUT2D eigenvalue weighted by molar-refractivity contribution is -0.123. The molecule has 180 valence electrons. The van der Waals surface area contributed by atoms with Gasteiger partial charge in [0, 0.05) is 13.6 Å². The second kappa shape index (κ2) is 10.9. The molecule has 0 unspecified atom stereocenters. The highest BCUT2D eigenvalue weighted by molar-refractivity contribution is 7.92. The third-order valence-corrected chi connectivity index (χ3v) is 6.99. The summed E-state index contributed by atoms with van der Waals surface area (Å²) < 4.78 is 42.9. The number of hydrogen-bond acceptors (Lipinski definition) is 6. The van der Waals surface area contributed by atoms with E-state index >= 15 is 0 Å². The SMILES string of the molecule is COc1ccc(CNC(=O)COc2ccc(N(C)S(=O)(=O)c3ccc(C)cc3)cc2)cc1OC. The summed E-state index contributed by atoms with van der Waals surface area (Å²) in [4.78, 5) is 12.4. The van der Waals surface area contributed by atoms with Gasteiger partial charge in [0.15, 0.2) is 18.1 Å². The van der Waals surface area contributed by atoms with E-state index in [9.17, 15) is 13.2 Å². The first-order valence-corrected chi connectivity index (χ1v) is 11.9. The Morgan fingerprint density at radius 3 is 2.18 bits per heavy atom. The Labute approximate surface area is 200 Å². The zero-order valence-electron chi connectivity index (χ0n) is 19.6. The second-order valence-electron chi connectivity index (χ2n) is 7.53. The van der Waals surface area contributed by atoms with Crippen LogP contribution in [0.2, 0.25) is 0 Å². The summed E-state index contributed by atoms with van der Waals surface area (Å²) in [7, 11) is 0.924. The number of hydrogen-bond donors (Lipinski definition) is 1. The molecule has 0 aliphatic heterocycles. The van der Waals surface area contributed by atoms with Crippen LogP contribution in [0.4, 0.5) is 5.69 Å². The van der Waals surface area contributed by atoms with Crippen molar-refractivity contribution in [2.45, 2.75) is 18.4 Å². The van der Waals surface area contributed by atoms with E-state index in [2.05, 4.69) is 5.32 Å². The molecule has 0 heterocycles. The van der Waals surface area contributed by atoms with E-state index in [0.29, 0.717) is 29.5 Å². The van der Waals surface area contributed by atoms with Crippen LogP contribution in [0.25, 0.3) is 0 Å². The Hall–Kier alpha value is -3.72. The number of nitrogens with zero attached hydrogens (tertiary/aromatic N) is 1. The smallest absolute Gasteiger partial charge is 0.264 e. The number of carbonyl (C=O) groups is 1. The fourth-order valence-corrected chi connectivity index (χ4v) is 4.35. The first kappa shape index (κ1) is 24.9. The third kappa shape index (κ3) is 5.99. The van der Waals surface area contributed by atoms with E-state index in [4.69, 9.17) is 14.2 Å². The summed E-state index contributed by atoms with van der Waals surface area (Å²) >= 11 is 0. The predicted octanol–water partition coefficient (Wildman–Crippen LogP) is 3.53. The lowest BCUT2D eigenvalue weighted by atomic mass is 10.2. The standard InChI is InChI=1S/C25H28N2O6S/c1-18-5-12-22(13-6-18)34(29,30)27(2)20-8-10-21(11-9-20)33-17-25(28)26-16-19-7-14-23(31-3)24(15-19)32-4/h5-15H,16-17H2,1-4H3,(H,26,28). The summed E-state index contributed by atoms with van der Waals surface area (Å²) in [5.74, 6) is 1.35. The molecule has 1 N–H and O–H groups in total. The minimum Gasteiger partial charge on any atom is -0.493 e. The van der Waals surface area contributed by atoms with Crippen LogP contribution in [0.5, 0.6) is 17.2 Å². The van der Waals surface area contributed by atoms with Crippen LogP contribution >= 0.6 is 0 Å². The third-order valence-electron chi connectivity index (χ3n) is 5.19. The maximum atomic E-state index is 12.8. The number of anilines is 1. The van der Waals surface area contributed by atoms with Crippen LogP contribution in [0.15, 0.2) is 71.6 Å². The Balaban J connectivity index is 1.54. The topological polar surface area (TPSA) is 94.2 Å². The molecule has 34 heavy (non-hydrogen) atoms. The lowest BCUT2D eigenvalue weighted by Gasteiger charge is -2.20. The number of methoxy groups -OCH3 is 2. The average molecular weight is 485 g/mol. The van der Waals surface area contributed by atoms with E-state index in [0.717, 1.165) is 11.1 Å². The molecule has 0 aliphatic rings. The molecule has 3 aromatic carbocycles. The Kier molecular flexibility index (Phi) is 8.01. The lowest BCUT2D eigenvalue weighted by Crippen LogP contribution is -2.28. The molecule has 0 saturated heterocycles. The molecule has 0 saturated carbocycles. The first-order chi connectivity index (χ1) is 16.2. The van der Waals surface area contributed by atoms with Crippen molar-refractivity contribution in [1.82, 2.24) is 5.32 Å². The van der Waals surface area contributed by atoms with Crippen molar-refractivity contribution in [3.8, 4) is 17.2 Å². The quantitative estimate of drug-likeness (QED) is 0.473. The van der Waals surface area contributed by atoms with Gasteiger partial charge >= 0.3 is 0 Å². The van der Waals surface area contributed by atoms with Gasteiger partial charge in [-0.15, -0.1) is 0 Å². The molecule has 8 nitrogen and oxygen atoms in total. The largest absolute Gasteiger partial charge is 0.493 e. The maximum Gasteiger partial charge on any atom is 0.264 e. The number of carbonyl (C=O) groups excluding carboxylic acids is 1. The van der Waals surface area contributed by atoms with E-state index in [1.165, 1.54) is 11.4 Å². The first-order valence-electron chi connectivity index (χ1n) is 10.5. The van der Waals surface area contributed by atoms with Gasteiger partial charge in [0.1, 0.15) is 5.75 Å². The minimum atomic E-state index is -3.68. The van der Waals surface area contributed by atoms with E-state index < -0.39 is 10.0 Å². The summed E-state index contributed by atoms with van der Waals surface area (Å²) in [5.41, 5.74) is 2.31. The van der Waals surface area contributed by atoms with Gasteiger partial charge < -0.3 is 19.5 Å². The zero-order valence-corrected chi connectivity index (χ0v) is 20.4. The monoisotopic (exact) mass is 484 g/mol. The summed E-state index contributed by atoms with van der Waals surface area (Å²) in [5, 5.41) is 2.78. The molecule has 0 atom stereocenters. The van der Waals surface area contributed by atoms with Gasteiger partial charge in [-0.2, -0.15) is 0 Å². The minimum absolute atomic E-state index is 0.176. The number of benzene rings is 3. The zero-order chi connectivity index (χ0) is 24.7. The van der Waals surface area contributed by atoms with Gasteiger partial charge in [-0.3, -0.25) is 9.10 Å². The molecule has 3 rings (SSSR count). The Morgan fingerprint density at radius 1 is 0.912 bits per heavy atom. The van der Waals surface area contributed by atoms with Gasteiger partial charge in [0.05, 0.1) is 24.8 Å². The molecule has 1 amide bonds. The number of nitrogens with one attached hydrogen (secondary N) is 1. The molecule has 0 aromatic heterocycles. The molecular formula is C25H28N2O6S. The average Bonchev–Trinajstić information content (AvgIpc) is 2.86.